The van der Waals surface area contributed by atoms with Crippen LogP contribution in [0.2, 0.25) is 0 Å². The Balaban J connectivity index is 2.78. The minimum atomic E-state index is 0.385. The molecule has 0 radical (unpaired) electrons. The van der Waals surface area contributed by atoms with E-state index in [1.165, 1.54) is 0 Å². The summed E-state index contributed by atoms with van der Waals surface area (Å²) in [7, 11) is 1.55. The van der Waals surface area contributed by atoms with E-state index >= 15 is 0 Å². The molecule has 0 aliphatic rings. The van der Waals surface area contributed by atoms with Gasteiger partial charge in [0, 0.05) is 11.8 Å². The molecule has 0 aliphatic heterocycles. The summed E-state index contributed by atoms with van der Waals surface area (Å²) in [5.41, 5.74) is 1.80. The van der Waals surface area contributed by atoms with Crippen molar-refractivity contribution < 1.29 is 9.47 Å². The van der Waals surface area contributed by atoms with Crippen LogP contribution in [-0.4, -0.2) is 23.7 Å². The van der Waals surface area contributed by atoms with Crippen LogP contribution in [0, 0.1) is 6.92 Å². The minimum Gasteiger partial charge on any atom is -0.501 e. The molecular formula is C10H14N2O2. The van der Waals surface area contributed by atoms with Crippen molar-refractivity contribution in [3.63, 3.8) is 0 Å². The van der Waals surface area contributed by atoms with Crippen LogP contribution >= 0.6 is 0 Å². The zero-order valence-electron chi connectivity index (χ0n) is 8.65. The second-order valence-electron chi connectivity index (χ2n) is 2.66. The smallest absolute Gasteiger partial charge is 0.316 e. The Hall–Kier alpha value is -1.58. The number of aromatic nitrogens is 2. The van der Waals surface area contributed by atoms with Crippen LogP contribution in [0.5, 0.6) is 6.01 Å². The van der Waals surface area contributed by atoms with Gasteiger partial charge >= 0.3 is 6.01 Å². The van der Waals surface area contributed by atoms with Gasteiger partial charge in [0.05, 0.1) is 25.7 Å². The lowest BCUT2D eigenvalue weighted by atomic mass is 10.2. The molecule has 0 saturated heterocycles. The molecule has 0 atom stereocenters. The topological polar surface area (TPSA) is 44.2 Å². The average Bonchev–Trinajstić information content (AvgIpc) is 2.20. The quantitative estimate of drug-likeness (QED) is 0.685. The van der Waals surface area contributed by atoms with E-state index in [1.807, 2.05) is 19.9 Å². The van der Waals surface area contributed by atoms with Crippen molar-refractivity contribution >= 4 is 6.08 Å². The van der Waals surface area contributed by atoms with Crippen LogP contribution in [0.15, 0.2) is 12.5 Å². The number of ether oxygens (including phenoxy) is 2. The highest BCUT2D eigenvalue weighted by molar-refractivity contribution is 5.49. The zero-order chi connectivity index (χ0) is 10.4. The van der Waals surface area contributed by atoms with Crippen LogP contribution in [0.25, 0.3) is 6.08 Å². The number of hydrogen-bond donors (Lipinski definition) is 0. The van der Waals surface area contributed by atoms with E-state index in [1.54, 1.807) is 19.6 Å². The zero-order valence-corrected chi connectivity index (χ0v) is 8.65. The van der Waals surface area contributed by atoms with Gasteiger partial charge in [0.25, 0.3) is 0 Å². The lowest BCUT2D eigenvalue weighted by Gasteiger charge is -2.01. The van der Waals surface area contributed by atoms with Gasteiger partial charge in [-0.15, -0.1) is 0 Å². The molecule has 1 aromatic heterocycles. The second-order valence-corrected chi connectivity index (χ2v) is 2.66. The van der Waals surface area contributed by atoms with Gasteiger partial charge in [0.15, 0.2) is 0 Å². The highest BCUT2D eigenvalue weighted by Gasteiger charge is 1.99. The van der Waals surface area contributed by atoms with Crippen LogP contribution in [0.4, 0.5) is 0 Å². The Morgan fingerprint density at radius 3 is 2.86 bits per heavy atom. The molecule has 1 aromatic rings. The fourth-order valence-corrected chi connectivity index (χ4v) is 0.935. The highest BCUT2D eigenvalue weighted by Crippen LogP contribution is 2.09. The standard InChI is InChI=1S/C10H14N2O2/c1-4-14-6-5-9-7-11-10(13-3)12-8(9)2/h5-7H,4H2,1-3H3. The van der Waals surface area contributed by atoms with Crippen molar-refractivity contribution in [1.82, 2.24) is 9.97 Å². The van der Waals surface area contributed by atoms with Gasteiger partial charge in [-0.05, 0) is 19.9 Å². The van der Waals surface area contributed by atoms with E-state index < -0.39 is 0 Å². The molecule has 0 amide bonds. The van der Waals surface area contributed by atoms with E-state index in [0.717, 1.165) is 11.3 Å². The van der Waals surface area contributed by atoms with Gasteiger partial charge in [-0.1, -0.05) is 0 Å². The third-order valence-electron chi connectivity index (χ3n) is 1.69. The van der Waals surface area contributed by atoms with Crippen molar-refractivity contribution in [2.45, 2.75) is 13.8 Å². The summed E-state index contributed by atoms with van der Waals surface area (Å²) in [5, 5.41) is 0. The minimum absolute atomic E-state index is 0.385. The maximum atomic E-state index is 5.08. The first-order valence-electron chi connectivity index (χ1n) is 4.43. The van der Waals surface area contributed by atoms with Crippen LogP contribution in [0.1, 0.15) is 18.2 Å². The molecule has 0 bridgehead atoms. The molecule has 0 N–H and O–H groups in total. The Kier molecular flexibility index (Phi) is 3.91. The Bertz CT molecular complexity index is 324. The Morgan fingerprint density at radius 2 is 2.29 bits per heavy atom. The van der Waals surface area contributed by atoms with Crippen molar-refractivity contribution in [1.29, 1.82) is 0 Å². The molecule has 0 aliphatic carbocycles. The fourth-order valence-electron chi connectivity index (χ4n) is 0.935. The number of hydrogen-bond acceptors (Lipinski definition) is 4. The second kappa shape index (κ2) is 5.21. The van der Waals surface area contributed by atoms with Gasteiger partial charge in [-0.2, -0.15) is 4.98 Å². The summed E-state index contributed by atoms with van der Waals surface area (Å²) in [6.45, 7) is 4.49. The number of aryl methyl sites for hydroxylation is 1. The Morgan fingerprint density at radius 1 is 1.50 bits per heavy atom. The summed E-state index contributed by atoms with van der Waals surface area (Å²) in [5.74, 6) is 0. The van der Waals surface area contributed by atoms with Gasteiger partial charge in [-0.3, -0.25) is 0 Å². The molecule has 0 unspecified atom stereocenters. The summed E-state index contributed by atoms with van der Waals surface area (Å²) in [4.78, 5) is 8.13. The SMILES string of the molecule is CCOC=Cc1cnc(OC)nc1C. The summed E-state index contributed by atoms with van der Waals surface area (Å²) < 4.78 is 9.98. The monoisotopic (exact) mass is 194 g/mol. The van der Waals surface area contributed by atoms with E-state index in [2.05, 4.69) is 9.97 Å². The van der Waals surface area contributed by atoms with Crippen LogP contribution in [0.3, 0.4) is 0 Å². The maximum absolute atomic E-state index is 5.08. The van der Waals surface area contributed by atoms with Gasteiger partial charge in [-0.25, -0.2) is 4.98 Å². The molecule has 76 valence electrons. The largest absolute Gasteiger partial charge is 0.501 e. The lowest BCUT2D eigenvalue weighted by Crippen LogP contribution is -1.95. The van der Waals surface area contributed by atoms with Crippen molar-refractivity contribution in [2.75, 3.05) is 13.7 Å². The van der Waals surface area contributed by atoms with Crippen molar-refractivity contribution in [3.05, 3.63) is 23.7 Å². The van der Waals surface area contributed by atoms with E-state index in [0.29, 0.717) is 12.6 Å². The highest BCUT2D eigenvalue weighted by atomic mass is 16.5. The summed E-state index contributed by atoms with van der Waals surface area (Å²) >= 11 is 0. The van der Waals surface area contributed by atoms with Gasteiger partial charge in [0.2, 0.25) is 0 Å². The third-order valence-corrected chi connectivity index (χ3v) is 1.69. The molecule has 14 heavy (non-hydrogen) atoms. The van der Waals surface area contributed by atoms with Gasteiger partial charge in [0.1, 0.15) is 0 Å². The normalized spacial score (nSPS) is 10.5. The van der Waals surface area contributed by atoms with Crippen molar-refractivity contribution in [2.24, 2.45) is 0 Å². The molecule has 0 aromatic carbocycles. The fraction of sp³-hybridized carbons (Fsp3) is 0.400. The molecule has 0 spiro atoms. The van der Waals surface area contributed by atoms with Crippen LogP contribution < -0.4 is 4.74 Å². The molecule has 1 heterocycles. The van der Waals surface area contributed by atoms with E-state index in [4.69, 9.17) is 9.47 Å². The summed E-state index contributed by atoms with van der Waals surface area (Å²) in [6.07, 6.45) is 5.17. The first kappa shape index (κ1) is 10.5. The third kappa shape index (κ3) is 2.73. The first-order chi connectivity index (χ1) is 6.77. The predicted octanol–water partition coefficient (Wildman–Crippen LogP) is 1.80. The molecule has 0 saturated carbocycles. The number of methoxy groups -OCH3 is 1. The van der Waals surface area contributed by atoms with E-state index in [9.17, 15) is 0 Å². The number of nitrogens with zero attached hydrogens (tertiary/aromatic N) is 2. The lowest BCUT2D eigenvalue weighted by molar-refractivity contribution is 0.272. The molecule has 4 heteroatoms. The number of rotatable bonds is 4. The Labute approximate surface area is 83.6 Å². The average molecular weight is 194 g/mol. The maximum Gasteiger partial charge on any atom is 0.316 e. The molecular weight excluding hydrogens is 180 g/mol. The summed E-state index contributed by atoms with van der Waals surface area (Å²) in [6, 6.07) is 0.385. The molecule has 1 rings (SSSR count). The van der Waals surface area contributed by atoms with Crippen LogP contribution in [-0.2, 0) is 4.74 Å². The molecule has 4 nitrogen and oxygen atoms in total. The van der Waals surface area contributed by atoms with Crippen molar-refractivity contribution in [3.8, 4) is 6.01 Å². The molecule has 0 fully saturated rings. The predicted molar refractivity (Wildman–Crippen MR) is 54.0 cm³/mol. The van der Waals surface area contributed by atoms with Gasteiger partial charge < -0.3 is 9.47 Å². The first-order valence-corrected chi connectivity index (χ1v) is 4.43. The van der Waals surface area contributed by atoms with E-state index in [-0.39, 0.29) is 0 Å².